The third kappa shape index (κ3) is 3.49. The van der Waals surface area contributed by atoms with E-state index in [4.69, 9.17) is 4.84 Å². The summed E-state index contributed by atoms with van der Waals surface area (Å²) in [6, 6.07) is 0. The van der Waals surface area contributed by atoms with Crippen LogP contribution in [0.3, 0.4) is 0 Å². The van der Waals surface area contributed by atoms with Crippen LogP contribution in [0.1, 0.15) is 27.2 Å². The molecule has 0 aromatic carbocycles. The highest BCUT2D eigenvalue weighted by Gasteiger charge is 2.10. The van der Waals surface area contributed by atoms with Gasteiger partial charge in [0.1, 0.15) is 6.10 Å². The molecule has 10 heavy (non-hydrogen) atoms. The molecule has 59 valence electrons. The van der Waals surface area contributed by atoms with Crippen LogP contribution in [-0.4, -0.2) is 12.3 Å². The van der Waals surface area contributed by atoms with Crippen LogP contribution in [0.2, 0.25) is 0 Å². The van der Waals surface area contributed by atoms with Crippen molar-refractivity contribution in [2.75, 3.05) is 0 Å². The zero-order valence-corrected chi connectivity index (χ0v) is 7.00. The lowest BCUT2D eigenvalue weighted by atomic mass is 10.1. The first-order valence-electron chi connectivity index (χ1n) is 3.69. The van der Waals surface area contributed by atoms with E-state index < -0.39 is 0 Å². The maximum Gasteiger partial charge on any atom is 0.129 e. The Morgan fingerprint density at radius 2 is 2.20 bits per heavy atom. The number of rotatable bonds is 4. The highest BCUT2D eigenvalue weighted by molar-refractivity contribution is 5.60. The Labute approximate surface area is 63.3 Å². The molecule has 0 saturated carbocycles. The summed E-state index contributed by atoms with van der Waals surface area (Å²) in [5.74, 6) is 0.522. The van der Waals surface area contributed by atoms with Crippen molar-refractivity contribution >= 4 is 6.21 Å². The van der Waals surface area contributed by atoms with Crippen molar-refractivity contribution < 1.29 is 4.84 Å². The van der Waals surface area contributed by atoms with E-state index in [1.165, 1.54) is 6.21 Å². The van der Waals surface area contributed by atoms with E-state index in [1.807, 2.05) is 0 Å². The van der Waals surface area contributed by atoms with E-state index in [-0.39, 0.29) is 6.10 Å². The molecule has 0 amide bonds. The lowest BCUT2D eigenvalue weighted by Gasteiger charge is -2.15. The van der Waals surface area contributed by atoms with Crippen molar-refractivity contribution in [3.05, 3.63) is 6.92 Å². The van der Waals surface area contributed by atoms with Gasteiger partial charge in [-0.05, 0) is 19.3 Å². The minimum atomic E-state index is 0.234. The first-order valence-corrected chi connectivity index (χ1v) is 3.69. The Kier molecular flexibility index (Phi) is 4.99. The van der Waals surface area contributed by atoms with Crippen molar-refractivity contribution in [2.45, 2.75) is 33.3 Å². The fourth-order valence-electron chi connectivity index (χ4n) is 0.789. The quantitative estimate of drug-likeness (QED) is 0.436. The number of hydrogen-bond acceptors (Lipinski definition) is 2. The second kappa shape index (κ2) is 5.27. The Morgan fingerprint density at radius 3 is 2.50 bits per heavy atom. The number of nitrogens with zero attached hydrogens (tertiary/aromatic N) is 1. The minimum Gasteiger partial charge on any atom is -0.393 e. The van der Waals surface area contributed by atoms with Crippen LogP contribution in [0, 0.1) is 12.8 Å². The molecule has 0 aromatic heterocycles. The fourth-order valence-corrected chi connectivity index (χ4v) is 0.789. The molecular formula is C8H16NO. The van der Waals surface area contributed by atoms with Crippen LogP contribution in [0.25, 0.3) is 0 Å². The summed E-state index contributed by atoms with van der Waals surface area (Å²) in [7, 11) is 0. The third-order valence-corrected chi connectivity index (χ3v) is 1.42. The molecule has 0 rings (SSSR count). The van der Waals surface area contributed by atoms with Crippen LogP contribution in [0.15, 0.2) is 5.16 Å². The molecule has 2 heteroatoms. The van der Waals surface area contributed by atoms with Crippen molar-refractivity contribution in [3.8, 4) is 0 Å². The normalized spacial score (nSPS) is 14.5. The number of hydrogen-bond donors (Lipinski definition) is 0. The summed E-state index contributed by atoms with van der Waals surface area (Å²) in [6.45, 7) is 9.76. The molecule has 1 atom stereocenters. The standard InChI is InChI=1S/C8H16NO/c1-5-8(7(3)4)10-9-6-2/h6-8H,2,5H2,1,3-4H3. The molecule has 2 nitrogen and oxygen atoms in total. The molecule has 0 heterocycles. The van der Waals surface area contributed by atoms with Gasteiger partial charge in [-0.1, -0.05) is 25.9 Å². The maximum atomic E-state index is 5.11. The lowest BCUT2D eigenvalue weighted by molar-refractivity contribution is 0.0254. The minimum absolute atomic E-state index is 0.234. The molecule has 0 bridgehead atoms. The van der Waals surface area contributed by atoms with E-state index in [2.05, 4.69) is 32.9 Å². The van der Waals surface area contributed by atoms with Crippen LogP contribution in [-0.2, 0) is 4.84 Å². The molecule has 0 aliphatic heterocycles. The largest absolute Gasteiger partial charge is 0.393 e. The highest BCUT2D eigenvalue weighted by Crippen LogP contribution is 2.09. The zero-order valence-electron chi connectivity index (χ0n) is 7.00. The van der Waals surface area contributed by atoms with Crippen molar-refractivity contribution in [1.29, 1.82) is 0 Å². The average Bonchev–Trinajstić information content (AvgIpc) is 1.89. The molecule has 0 aromatic rings. The van der Waals surface area contributed by atoms with Gasteiger partial charge in [-0.25, -0.2) is 0 Å². The Hall–Kier alpha value is -0.530. The van der Waals surface area contributed by atoms with Gasteiger partial charge in [-0.2, -0.15) is 0 Å². The number of oxime groups is 1. The predicted octanol–water partition coefficient (Wildman–Crippen LogP) is 2.26. The van der Waals surface area contributed by atoms with E-state index in [1.54, 1.807) is 0 Å². The van der Waals surface area contributed by atoms with Crippen molar-refractivity contribution in [2.24, 2.45) is 11.1 Å². The second-order valence-corrected chi connectivity index (χ2v) is 2.58. The van der Waals surface area contributed by atoms with Gasteiger partial charge >= 0.3 is 0 Å². The van der Waals surface area contributed by atoms with Crippen LogP contribution in [0.4, 0.5) is 0 Å². The fraction of sp³-hybridized carbons (Fsp3) is 0.750. The Morgan fingerprint density at radius 1 is 1.60 bits per heavy atom. The topological polar surface area (TPSA) is 21.6 Å². The molecular weight excluding hydrogens is 126 g/mol. The van der Waals surface area contributed by atoms with Crippen LogP contribution >= 0.6 is 0 Å². The molecule has 0 N–H and O–H groups in total. The third-order valence-electron chi connectivity index (χ3n) is 1.42. The first kappa shape index (κ1) is 9.47. The highest BCUT2D eigenvalue weighted by atomic mass is 16.6. The van der Waals surface area contributed by atoms with Gasteiger partial charge in [0.2, 0.25) is 0 Å². The summed E-state index contributed by atoms with van der Waals surface area (Å²) in [5.41, 5.74) is 0. The van der Waals surface area contributed by atoms with E-state index >= 15 is 0 Å². The molecule has 0 saturated heterocycles. The predicted molar refractivity (Wildman–Crippen MR) is 43.9 cm³/mol. The zero-order chi connectivity index (χ0) is 7.98. The lowest BCUT2D eigenvalue weighted by Crippen LogP contribution is -2.15. The molecule has 1 radical (unpaired) electrons. The van der Waals surface area contributed by atoms with Gasteiger partial charge in [0, 0.05) is 6.21 Å². The van der Waals surface area contributed by atoms with Crippen LogP contribution < -0.4 is 0 Å². The van der Waals surface area contributed by atoms with Gasteiger partial charge in [0.15, 0.2) is 0 Å². The van der Waals surface area contributed by atoms with Gasteiger partial charge in [-0.3, -0.25) is 0 Å². The van der Waals surface area contributed by atoms with Crippen molar-refractivity contribution in [1.82, 2.24) is 0 Å². The van der Waals surface area contributed by atoms with Crippen LogP contribution in [0.5, 0.6) is 0 Å². The molecule has 0 aliphatic carbocycles. The SMILES string of the molecule is [CH2]C=NOC(CC)C(C)C. The van der Waals surface area contributed by atoms with Gasteiger partial charge < -0.3 is 4.84 Å². The first-order chi connectivity index (χ1) is 4.72. The summed E-state index contributed by atoms with van der Waals surface area (Å²) in [4.78, 5) is 5.11. The summed E-state index contributed by atoms with van der Waals surface area (Å²) in [5, 5.41) is 3.63. The van der Waals surface area contributed by atoms with Gasteiger partial charge in [0.05, 0.1) is 0 Å². The molecule has 0 aliphatic rings. The summed E-state index contributed by atoms with van der Waals surface area (Å²) in [6.07, 6.45) is 2.65. The molecule has 0 fully saturated rings. The smallest absolute Gasteiger partial charge is 0.129 e. The van der Waals surface area contributed by atoms with E-state index in [0.29, 0.717) is 5.92 Å². The molecule has 1 unspecified atom stereocenters. The molecule has 0 spiro atoms. The summed E-state index contributed by atoms with van der Waals surface area (Å²) >= 11 is 0. The van der Waals surface area contributed by atoms with Gasteiger partial charge in [-0.15, -0.1) is 0 Å². The van der Waals surface area contributed by atoms with Crippen molar-refractivity contribution in [3.63, 3.8) is 0 Å². The van der Waals surface area contributed by atoms with E-state index in [0.717, 1.165) is 6.42 Å². The monoisotopic (exact) mass is 142 g/mol. The average molecular weight is 142 g/mol. The summed E-state index contributed by atoms with van der Waals surface area (Å²) < 4.78 is 0. The maximum absolute atomic E-state index is 5.11. The Bertz CT molecular complexity index is 99.4. The van der Waals surface area contributed by atoms with E-state index in [9.17, 15) is 0 Å². The second-order valence-electron chi connectivity index (χ2n) is 2.58. The Balaban J connectivity index is 3.60. The van der Waals surface area contributed by atoms with Gasteiger partial charge in [0.25, 0.3) is 0 Å².